The quantitative estimate of drug-likeness (QED) is 0.871. The van der Waals surface area contributed by atoms with Gasteiger partial charge in [-0.3, -0.25) is 0 Å². The molecule has 1 fully saturated rings. The van der Waals surface area contributed by atoms with E-state index >= 15 is 0 Å². The third-order valence-corrected chi connectivity index (χ3v) is 3.43. The van der Waals surface area contributed by atoms with E-state index in [0.29, 0.717) is 12.0 Å². The molecule has 88 valence electrons. The number of anilines is 1. The van der Waals surface area contributed by atoms with E-state index in [1.807, 2.05) is 18.2 Å². The van der Waals surface area contributed by atoms with E-state index in [-0.39, 0.29) is 0 Å². The molecule has 2 nitrogen and oxygen atoms in total. The van der Waals surface area contributed by atoms with Gasteiger partial charge in [0.2, 0.25) is 0 Å². The van der Waals surface area contributed by atoms with Crippen LogP contribution in [0.3, 0.4) is 0 Å². The van der Waals surface area contributed by atoms with Crippen LogP contribution >= 0.6 is 11.6 Å². The summed E-state index contributed by atoms with van der Waals surface area (Å²) in [7, 11) is 0. The molecule has 0 aromatic heterocycles. The number of nitrogens with one attached hydrogen (secondary N) is 1. The first-order chi connectivity index (χ1) is 7.75. The lowest BCUT2D eigenvalue weighted by molar-refractivity contribution is 0.0622. The molecule has 3 heteroatoms. The van der Waals surface area contributed by atoms with Crippen LogP contribution in [0.5, 0.6) is 0 Å². The minimum absolute atomic E-state index is 0.474. The van der Waals surface area contributed by atoms with Gasteiger partial charge in [-0.15, -0.1) is 0 Å². The van der Waals surface area contributed by atoms with Crippen molar-refractivity contribution in [3.63, 3.8) is 0 Å². The van der Waals surface area contributed by atoms with Gasteiger partial charge < -0.3 is 10.1 Å². The Hall–Kier alpha value is -0.730. The standard InChI is InChI=1S/C13H18ClNO/c1-10(11-5-7-16-8-6-11)15-13-4-2-3-12(14)9-13/h2-4,9-11,15H,5-8H2,1H3. The van der Waals surface area contributed by atoms with Crippen LogP contribution in [0.4, 0.5) is 5.69 Å². The van der Waals surface area contributed by atoms with Crippen molar-refractivity contribution < 1.29 is 4.74 Å². The summed E-state index contributed by atoms with van der Waals surface area (Å²) in [5.41, 5.74) is 1.10. The van der Waals surface area contributed by atoms with Gasteiger partial charge in [-0.2, -0.15) is 0 Å². The molecule has 1 N–H and O–H groups in total. The van der Waals surface area contributed by atoms with E-state index in [0.717, 1.165) is 36.8 Å². The van der Waals surface area contributed by atoms with E-state index < -0.39 is 0 Å². The molecule has 0 aliphatic carbocycles. The Morgan fingerprint density at radius 3 is 2.81 bits per heavy atom. The van der Waals surface area contributed by atoms with Crippen molar-refractivity contribution in [1.29, 1.82) is 0 Å². The highest BCUT2D eigenvalue weighted by atomic mass is 35.5. The fourth-order valence-corrected chi connectivity index (χ4v) is 2.37. The zero-order valence-corrected chi connectivity index (χ0v) is 10.3. The molecule has 1 unspecified atom stereocenters. The highest BCUT2D eigenvalue weighted by molar-refractivity contribution is 6.30. The lowest BCUT2D eigenvalue weighted by Crippen LogP contribution is -2.30. The largest absolute Gasteiger partial charge is 0.382 e. The monoisotopic (exact) mass is 239 g/mol. The third-order valence-electron chi connectivity index (χ3n) is 3.19. The molecule has 2 rings (SSSR count). The molecule has 1 atom stereocenters. The van der Waals surface area contributed by atoms with E-state index in [9.17, 15) is 0 Å². The van der Waals surface area contributed by atoms with E-state index in [4.69, 9.17) is 16.3 Å². The van der Waals surface area contributed by atoms with Gasteiger partial charge in [-0.05, 0) is 43.9 Å². The molecule has 0 bridgehead atoms. The minimum atomic E-state index is 0.474. The molecule has 0 spiro atoms. The van der Waals surface area contributed by atoms with Gasteiger partial charge in [0.25, 0.3) is 0 Å². The van der Waals surface area contributed by atoms with Gasteiger partial charge in [0.1, 0.15) is 0 Å². The van der Waals surface area contributed by atoms with E-state index in [2.05, 4.69) is 18.3 Å². The summed E-state index contributed by atoms with van der Waals surface area (Å²) in [6.45, 7) is 4.02. The summed E-state index contributed by atoms with van der Waals surface area (Å²) in [5.74, 6) is 0.702. The molecule has 1 aromatic rings. The molecular formula is C13H18ClNO. The first-order valence-electron chi connectivity index (χ1n) is 5.85. The summed E-state index contributed by atoms with van der Waals surface area (Å²) in [4.78, 5) is 0. The number of hydrogen-bond acceptors (Lipinski definition) is 2. The first-order valence-corrected chi connectivity index (χ1v) is 6.23. The van der Waals surface area contributed by atoms with Gasteiger partial charge in [0.15, 0.2) is 0 Å². The van der Waals surface area contributed by atoms with Crippen LogP contribution in [0.2, 0.25) is 5.02 Å². The van der Waals surface area contributed by atoms with Crippen LogP contribution in [0.1, 0.15) is 19.8 Å². The van der Waals surface area contributed by atoms with Crippen LogP contribution in [-0.4, -0.2) is 19.3 Å². The van der Waals surface area contributed by atoms with E-state index in [1.165, 1.54) is 0 Å². The molecule has 1 aliphatic rings. The Bertz CT molecular complexity index is 336. The number of ether oxygens (including phenoxy) is 1. The van der Waals surface area contributed by atoms with Gasteiger partial charge in [-0.25, -0.2) is 0 Å². The predicted octanol–water partition coefficient (Wildman–Crippen LogP) is 3.57. The van der Waals surface area contributed by atoms with Gasteiger partial charge in [0, 0.05) is 30.0 Å². The van der Waals surface area contributed by atoms with Crippen LogP contribution in [0, 0.1) is 5.92 Å². The van der Waals surface area contributed by atoms with E-state index in [1.54, 1.807) is 0 Å². The maximum absolute atomic E-state index is 5.95. The second-order valence-corrected chi connectivity index (χ2v) is 4.83. The molecular weight excluding hydrogens is 222 g/mol. The maximum atomic E-state index is 5.95. The van der Waals surface area contributed by atoms with Crippen molar-refractivity contribution in [3.05, 3.63) is 29.3 Å². The van der Waals surface area contributed by atoms with Crippen molar-refractivity contribution >= 4 is 17.3 Å². The number of halogens is 1. The molecule has 0 saturated carbocycles. The predicted molar refractivity (Wildman–Crippen MR) is 68.1 cm³/mol. The first kappa shape index (κ1) is 11.7. The summed E-state index contributed by atoms with van der Waals surface area (Å²) in [5, 5.41) is 4.29. The van der Waals surface area contributed by atoms with Crippen molar-refractivity contribution in [2.24, 2.45) is 5.92 Å². The molecule has 1 heterocycles. The van der Waals surface area contributed by atoms with Crippen molar-refractivity contribution in [2.75, 3.05) is 18.5 Å². The molecule has 1 aromatic carbocycles. The van der Waals surface area contributed by atoms with Gasteiger partial charge >= 0.3 is 0 Å². The molecule has 0 radical (unpaired) electrons. The van der Waals surface area contributed by atoms with Crippen molar-refractivity contribution in [2.45, 2.75) is 25.8 Å². The Morgan fingerprint density at radius 1 is 1.38 bits per heavy atom. The highest BCUT2D eigenvalue weighted by Gasteiger charge is 2.20. The zero-order chi connectivity index (χ0) is 11.4. The summed E-state index contributed by atoms with van der Waals surface area (Å²) in [6.07, 6.45) is 2.30. The Kier molecular flexibility index (Phi) is 4.08. The number of hydrogen-bond donors (Lipinski definition) is 1. The normalized spacial score (nSPS) is 19.4. The van der Waals surface area contributed by atoms with Gasteiger partial charge in [0.05, 0.1) is 0 Å². The van der Waals surface area contributed by atoms with Crippen molar-refractivity contribution in [3.8, 4) is 0 Å². The number of benzene rings is 1. The lowest BCUT2D eigenvalue weighted by atomic mass is 9.93. The van der Waals surface area contributed by atoms with Crippen LogP contribution in [0.15, 0.2) is 24.3 Å². The molecule has 1 saturated heterocycles. The van der Waals surface area contributed by atoms with Crippen LogP contribution in [-0.2, 0) is 4.74 Å². The fraction of sp³-hybridized carbons (Fsp3) is 0.538. The topological polar surface area (TPSA) is 21.3 Å². The highest BCUT2D eigenvalue weighted by Crippen LogP contribution is 2.23. The molecule has 1 aliphatic heterocycles. The molecule has 0 amide bonds. The Labute approximate surface area is 102 Å². The summed E-state index contributed by atoms with van der Waals surface area (Å²) < 4.78 is 5.37. The number of rotatable bonds is 3. The maximum Gasteiger partial charge on any atom is 0.0469 e. The van der Waals surface area contributed by atoms with Crippen molar-refractivity contribution in [1.82, 2.24) is 0 Å². The third kappa shape index (κ3) is 3.13. The van der Waals surface area contributed by atoms with Crippen LogP contribution < -0.4 is 5.32 Å². The second kappa shape index (κ2) is 5.55. The molecule has 16 heavy (non-hydrogen) atoms. The average Bonchev–Trinajstić information content (AvgIpc) is 2.30. The smallest absolute Gasteiger partial charge is 0.0469 e. The fourth-order valence-electron chi connectivity index (χ4n) is 2.17. The summed E-state index contributed by atoms with van der Waals surface area (Å²) in [6, 6.07) is 8.37. The average molecular weight is 240 g/mol. The second-order valence-electron chi connectivity index (χ2n) is 4.39. The van der Waals surface area contributed by atoms with Gasteiger partial charge in [-0.1, -0.05) is 17.7 Å². The Morgan fingerprint density at radius 2 is 2.12 bits per heavy atom. The minimum Gasteiger partial charge on any atom is -0.382 e. The lowest BCUT2D eigenvalue weighted by Gasteiger charge is -2.29. The Balaban J connectivity index is 1.93. The SMILES string of the molecule is CC(Nc1cccc(Cl)c1)C1CCOCC1. The van der Waals surface area contributed by atoms with Crippen LogP contribution in [0.25, 0.3) is 0 Å². The zero-order valence-electron chi connectivity index (χ0n) is 9.58. The summed E-state index contributed by atoms with van der Waals surface area (Å²) >= 11 is 5.95.